The number of H-pyrrole nitrogens is 1. The Balaban J connectivity index is 1.19. The van der Waals surface area contributed by atoms with Crippen LogP contribution in [0.3, 0.4) is 0 Å². The number of hydrogen-bond donors (Lipinski definition) is 2. The van der Waals surface area contributed by atoms with Gasteiger partial charge in [-0.3, -0.25) is 9.78 Å². The number of pyridine rings is 1. The summed E-state index contributed by atoms with van der Waals surface area (Å²) in [5.41, 5.74) is 2.09. The van der Waals surface area contributed by atoms with E-state index in [0.717, 1.165) is 42.5 Å². The monoisotopic (exact) mass is 441 g/mol. The maximum atomic E-state index is 13.6. The lowest BCUT2D eigenvalue weighted by atomic mass is 10.1. The third-order valence-electron chi connectivity index (χ3n) is 4.85. The maximum Gasteiger partial charge on any atom is 0.273 e. The Kier molecular flexibility index (Phi) is 6.57. The second-order valence-electron chi connectivity index (χ2n) is 7.12. The summed E-state index contributed by atoms with van der Waals surface area (Å²) in [6, 6.07) is 8.48. The summed E-state index contributed by atoms with van der Waals surface area (Å²) in [7, 11) is 0. The van der Waals surface area contributed by atoms with Crippen LogP contribution >= 0.6 is 11.6 Å². The second kappa shape index (κ2) is 9.70. The van der Waals surface area contributed by atoms with Crippen molar-refractivity contribution in [1.82, 2.24) is 25.3 Å². The molecule has 4 aromatic rings. The number of para-hydroxylation sites is 1. The summed E-state index contributed by atoms with van der Waals surface area (Å²) >= 11 is 6.16. The van der Waals surface area contributed by atoms with E-state index in [-0.39, 0.29) is 17.9 Å². The molecule has 0 atom stereocenters. The first-order valence-electron chi connectivity index (χ1n) is 10.1. The lowest BCUT2D eigenvalue weighted by Gasteiger charge is -2.03. The highest BCUT2D eigenvalue weighted by Crippen LogP contribution is 2.21. The number of carbonyl (C=O) groups is 1. The quantitative estimate of drug-likeness (QED) is 0.369. The topological polar surface area (TPSA) is 96.7 Å². The van der Waals surface area contributed by atoms with Crippen LogP contribution in [-0.4, -0.2) is 25.8 Å². The number of benzene rings is 1. The van der Waals surface area contributed by atoms with Crippen LogP contribution < -0.4 is 5.32 Å². The van der Waals surface area contributed by atoms with E-state index in [9.17, 15) is 9.18 Å². The van der Waals surface area contributed by atoms with Crippen LogP contribution in [0, 0.1) is 5.82 Å². The fraction of sp³-hybridized carbons (Fsp3) is 0.273. The van der Waals surface area contributed by atoms with Crippen molar-refractivity contribution in [2.75, 3.05) is 0 Å². The molecule has 0 spiro atoms. The van der Waals surface area contributed by atoms with E-state index >= 15 is 0 Å². The molecule has 31 heavy (non-hydrogen) atoms. The van der Waals surface area contributed by atoms with Gasteiger partial charge in [-0.1, -0.05) is 24.1 Å². The van der Waals surface area contributed by atoms with Crippen LogP contribution in [0.15, 0.2) is 47.2 Å². The predicted molar refractivity (Wildman–Crippen MR) is 114 cm³/mol. The summed E-state index contributed by atoms with van der Waals surface area (Å²) in [4.78, 5) is 28.1. The average molecular weight is 442 g/mol. The standard InChI is InChI=1S/C22H21ClFN5O2/c23-14-6-4-8-16-21(14)29-19(27-16)9-2-1-3-10-20-28-18(13-31-20)22(30)26-12-17-15(24)7-5-11-25-17/h4-8,11,13H,1-3,9-10,12H2,(H,26,30)(H,27,29). The molecule has 1 amide bonds. The number of nitrogens with zero attached hydrogens (tertiary/aromatic N) is 3. The largest absolute Gasteiger partial charge is 0.448 e. The van der Waals surface area contributed by atoms with Crippen LogP contribution in [-0.2, 0) is 19.4 Å². The number of hydrogen-bond acceptors (Lipinski definition) is 5. The number of oxazole rings is 1. The molecular formula is C22H21ClFN5O2. The molecule has 0 aliphatic rings. The number of aryl methyl sites for hydroxylation is 2. The van der Waals surface area contributed by atoms with E-state index in [1.807, 2.05) is 18.2 Å². The average Bonchev–Trinajstić information content (AvgIpc) is 3.40. The van der Waals surface area contributed by atoms with Crippen LogP contribution in [0.4, 0.5) is 4.39 Å². The van der Waals surface area contributed by atoms with Crippen LogP contribution in [0.25, 0.3) is 11.0 Å². The van der Waals surface area contributed by atoms with Gasteiger partial charge in [0.05, 0.1) is 22.8 Å². The van der Waals surface area contributed by atoms with E-state index < -0.39 is 11.7 Å². The van der Waals surface area contributed by atoms with Gasteiger partial charge in [0.25, 0.3) is 5.91 Å². The van der Waals surface area contributed by atoms with Crippen molar-refractivity contribution in [2.24, 2.45) is 0 Å². The Morgan fingerprint density at radius 3 is 2.84 bits per heavy atom. The van der Waals surface area contributed by atoms with Crippen molar-refractivity contribution in [3.63, 3.8) is 0 Å². The van der Waals surface area contributed by atoms with Crippen molar-refractivity contribution in [1.29, 1.82) is 0 Å². The lowest BCUT2D eigenvalue weighted by Crippen LogP contribution is -2.24. The molecule has 0 unspecified atom stereocenters. The summed E-state index contributed by atoms with van der Waals surface area (Å²) in [6.07, 6.45) is 7.05. The third-order valence-corrected chi connectivity index (χ3v) is 5.16. The molecular weight excluding hydrogens is 421 g/mol. The first-order valence-corrected chi connectivity index (χ1v) is 10.4. The Bertz CT molecular complexity index is 1190. The number of rotatable bonds is 9. The molecule has 3 aromatic heterocycles. The molecule has 4 rings (SSSR count). The lowest BCUT2D eigenvalue weighted by molar-refractivity contribution is 0.0945. The van der Waals surface area contributed by atoms with Gasteiger partial charge in [0, 0.05) is 19.0 Å². The summed E-state index contributed by atoms with van der Waals surface area (Å²) in [5, 5.41) is 3.24. The number of unbranched alkanes of at least 4 members (excludes halogenated alkanes) is 2. The smallest absolute Gasteiger partial charge is 0.273 e. The Hall–Kier alpha value is -3.26. The van der Waals surface area contributed by atoms with Crippen LogP contribution in [0.2, 0.25) is 5.02 Å². The van der Waals surface area contributed by atoms with E-state index in [4.69, 9.17) is 16.0 Å². The van der Waals surface area contributed by atoms with Crippen molar-refractivity contribution < 1.29 is 13.6 Å². The van der Waals surface area contributed by atoms with Gasteiger partial charge in [0.2, 0.25) is 0 Å². The fourth-order valence-corrected chi connectivity index (χ4v) is 3.46. The molecule has 7 nitrogen and oxygen atoms in total. The molecule has 0 bridgehead atoms. The minimum Gasteiger partial charge on any atom is -0.448 e. The predicted octanol–water partition coefficient (Wildman–Crippen LogP) is 4.62. The van der Waals surface area contributed by atoms with Crippen LogP contribution in [0.5, 0.6) is 0 Å². The molecule has 0 saturated heterocycles. The number of aromatic amines is 1. The minimum atomic E-state index is -0.464. The number of amides is 1. The molecule has 3 heterocycles. The molecule has 0 fully saturated rings. The number of imidazole rings is 1. The minimum absolute atomic E-state index is 0.0132. The fourth-order valence-electron chi connectivity index (χ4n) is 3.25. The van der Waals surface area contributed by atoms with Crippen molar-refractivity contribution in [3.05, 3.63) is 76.7 Å². The Labute approximate surface area is 183 Å². The van der Waals surface area contributed by atoms with Gasteiger partial charge in [0.15, 0.2) is 11.6 Å². The van der Waals surface area contributed by atoms with Gasteiger partial charge in [-0.05, 0) is 37.1 Å². The highest BCUT2D eigenvalue weighted by atomic mass is 35.5. The molecule has 0 saturated carbocycles. The number of fused-ring (bicyclic) bond motifs is 1. The summed E-state index contributed by atoms with van der Waals surface area (Å²) in [5.74, 6) is 0.533. The van der Waals surface area contributed by atoms with E-state index in [0.29, 0.717) is 17.3 Å². The van der Waals surface area contributed by atoms with E-state index in [2.05, 4.69) is 25.3 Å². The zero-order valence-electron chi connectivity index (χ0n) is 16.7. The number of halogens is 2. The summed E-state index contributed by atoms with van der Waals surface area (Å²) in [6.45, 7) is -0.0132. The third kappa shape index (κ3) is 5.27. The van der Waals surface area contributed by atoms with E-state index in [1.54, 1.807) is 0 Å². The first-order chi connectivity index (χ1) is 15.1. The van der Waals surface area contributed by atoms with Gasteiger partial charge < -0.3 is 14.7 Å². The molecule has 160 valence electrons. The summed E-state index contributed by atoms with van der Waals surface area (Å²) < 4.78 is 19.0. The molecule has 0 aliphatic heterocycles. The number of carbonyl (C=O) groups excluding carboxylic acids is 1. The molecule has 2 N–H and O–H groups in total. The second-order valence-corrected chi connectivity index (χ2v) is 7.53. The van der Waals surface area contributed by atoms with Gasteiger partial charge in [-0.2, -0.15) is 0 Å². The number of nitrogens with one attached hydrogen (secondary N) is 2. The highest BCUT2D eigenvalue weighted by Gasteiger charge is 2.13. The van der Waals surface area contributed by atoms with Gasteiger partial charge in [-0.15, -0.1) is 0 Å². The van der Waals surface area contributed by atoms with E-state index in [1.165, 1.54) is 24.6 Å². The number of aromatic nitrogens is 4. The SMILES string of the molecule is O=C(NCc1ncccc1F)c1coc(CCCCCc2nc3c(Cl)cccc3[nH]2)n1. The zero-order chi connectivity index (χ0) is 21.6. The normalized spacial score (nSPS) is 11.2. The maximum absolute atomic E-state index is 13.6. The van der Waals surface area contributed by atoms with Gasteiger partial charge >= 0.3 is 0 Å². The molecule has 0 radical (unpaired) electrons. The van der Waals surface area contributed by atoms with Crippen molar-refractivity contribution in [3.8, 4) is 0 Å². The first kappa shape index (κ1) is 21.0. The van der Waals surface area contributed by atoms with Gasteiger partial charge in [0.1, 0.15) is 23.4 Å². The van der Waals surface area contributed by atoms with Crippen LogP contribution in [0.1, 0.15) is 47.2 Å². The zero-order valence-corrected chi connectivity index (χ0v) is 17.5. The van der Waals surface area contributed by atoms with Crippen molar-refractivity contribution in [2.45, 2.75) is 38.6 Å². The molecule has 9 heteroatoms. The van der Waals surface area contributed by atoms with Gasteiger partial charge in [-0.25, -0.2) is 14.4 Å². The van der Waals surface area contributed by atoms with Crippen molar-refractivity contribution >= 4 is 28.5 Å². The molecule has 0 aliphatic carbocycles. The highest BCUT2D eigenvalue weighted by molar-refractivity contribution is 6.34. The molecule has 1 aromatic carbocycles. The Morgan fingerprint density at radius 1 is 1.13 bits per heavy atom. The Morgan fingerprint density at radius 2 is 2.00 bits per heavy atom.